The van der Waals surface area contributed by atoms with Crippen LogP contribution >= 0.6 is 11.8 Å². The fourth-order valence-corrected chi connectivity index (χ4v) is 2.82. The van der Waals surface area contributed by atoms with E-state index in [9.17, 15) is 0 Å². The third kappa shape index (κ3) is 5.30. The lowest BCUT2D eigenvalue weighted by Crippen LogP contribution is -1.97. The quantitative estimate of drug-likeness (QED) is 0.538. The van der Waals surface area contributed by atoms with Crippen molar-refractivity contribution in [1.29, 1.82) is 0 Å². The average Bonchev–Trinajstić information content (AvgIpc) is 2.61. The van der Waals surface area contributed by atoms with Crippen molar-refractivity contribution < 1.29 is 0 Å². The van der Waals surface area contributed by atoms with Gasteiger partial charge in [-0.15, -0.1) is 0 Å². The van der Waals surface area contributed by atoms with Gasteiger partial charge in [0.15, 0.2) is 0 Å². The molecule has 0 saturated heterocycles. The van der Waals surface area contributed by atoms with Crippen LogP contribution in [0.25, 0.3) is 11.1 Å². The number of benzene rings is 2. The van der Waals surface area contributed by atoms with Gasteiger partial charge >= 0.3 is 0 Å². The summed E-state index contributed by atoms with van der Waals surface area (Å²) in [6, 6.07) is 19.3. The van der Waals surface area contributed by atoms with Crippen LogP contribution in [-0.2, 0) is 6.42 Å². The molecule has 1 atom stereocenters. The van der Waals surface area contributed by atoms with Crippen LogP contribution in [-0.4, -0.2) is 11.5 Å². The lowest BCUT2D eigenvalue weighted by Gasteiger charge is -2.09. The summed E-state index contributed by atoms with van der Waals surface area (Å²) in [6.07, 6.45) is 11.5. The highest BCUT2D eigenvalue weighted by Gasteiger charge is 2.02. The Morgan fingerprint density at radius 1 is 1.04 bits per heavy atom. The number of hydrogen-bond acceptors (Lipinski definition) is 1. The Bertz CT molecular complexity index is 663. The minimum atomic E-state index is 0.490. The molecule has 0 aromatic heterocycles. The normalized spacial score (nSPS) is 13.2. The van der Waals surface area contributed by atoms with Gasteiger partial charge in [-0.25, -0.2) is 0 Å². The standard InChI is InChI=1S/C22H24S/c1-4-9-20(18(2)23-3)13-8-10-19-14-16-22(17-15-19)21-11-6-5-7-12-21/h4-9,11-18H,1,10H2,2-3H3/b13-8-,20-9+. The molecular formula is C22H24S. The highest BCUT2D eigenvalue weighted by Crippen LogP contribution is 2.20. The molecule has 0 saturated carbocycles. The van der Waals surface area contributed by atoms with Gasteiger partial charge in [0.05, 0.1) is 0 Å². The maximum atomic E-state index is 3.80. The van der Waals surface area contributed by atoms with Crippen molar-refractivity contribution >= 4 is 11.8 Å². The zero-order valence-corrected chi connectivity index (χ0v) is 14.7. The molecule has 0 amide bonds. The van der Waals surface area contributed by atoms with Crippen LogP contribution < -0.4 is 0 Å². The van der Waals surface area contributed by atoms with Crippen molar-refractivity contribution in [3.63, 3.8) is 0 Å². The van der Waals surface area contributed by atoms with Crippen molar-refractivity contribution in [2.45, 2.75) is 18.6 Å². The summed E-state index contributed by atoms with van der Waals surface area (Å²) in [5, 5.41) is 0.490. The summed E-state index contributed by atoms with van der Waals surface area (Å²) in [4.78, 5) is 0. The lowest BCUT2D eigenvalue weighted by molar-refractivity contribution is 1.16. The highest BCUT2D eigenvalue weighted by molar-refractivity contribution is 7.99. The van der Waals surface area contributed by atoms with Gasteiger partial charge in [-0.2, -0.15) is 11.8 Å². The van der Waals surface area contributed by atoms with Gasteiger partial charge < -0.3 is 0 Å². The Kier molecular flexibility index (Phi) is 6.96. The number of hydrogen-bond donors (Lipinski definition) is 0. The Hall–Kier alpha value is -1.99. The molecule has 0 heterocycles. The second kappa shape index (κ2) is 9.22. The van der Waals surface area contributed by atoms with Crippen LogP contribution in [0.1, 0.15) is 12.5 Å². The van der Waals surface area contributed by atoms with Crippen LogP contribution in [0.4, 0.5) is 0 Å². The molecule has 2 aromatic rings. The number of allylic oxidation sites excluding steroid dienone is 4. The van der Waals surface area contributed by atoms with E-state index in [1.807, 2.05) is 23.9 Å². The van der Waals surface area contributed by atoms with E-state index in [0.29, 0.717) is 5.25 Å². The molecule has 0 aliphatic heterocycles. The molecule has 0 fully saturated rings. The second-order valence-corrected chi connectivity index (χ2v) is 6.63. The molecule has 0 nitrogen and oxygen atoms in total. The van der Waals surface area contributed by atoms with E-state index in [2.05, 4.69) is 86.5 Å². The number of rotatable bonds is 7. The summed E-state index contributed by atoms with van der Waals surface area (Å²) in [6.45, 7) is 6.02. The summed E-state index contributed by atoms with van der Waals surface area (Å²) in [7, 11) is 0. The Morgan fingerprint density at radius 2 is 1.70 bits per heavy atom. The minimum absolute atomic E-state index is 0.490. The van der Waals surface area contributed by atoms with E-state index in [-0.39, 0.29) is 0 Å². The van der Waals surface area contributed by atoms with Crippen LogP contribution in [0.15, 0.2) is 91.1 Å². The topological polar surface area (TPSA) is 0 Å². The van der Waals surface area contributed by atoms with Gasteiger partial charge in [0.25, 0.3) is 0 Å². The van der Waals surface area contributed by atoms with Gasteiger partial charge in [0, 0.05) is 5.25 Å². The zero-order valence-electron chi connectivity index (χ0n) is 13.9. The molecule has 2 aromatic carbocycles. The molecule has 0 aliphatic rings. The fourth-order valence-electron chi connectivity index (χ4n) is 2.39. The van der Waals surface area contributed by atoms with E-state index in [1.165, 1.54) is 22.3 Å². The maximum absolute atomic E-state index is 3.80. The molecule has 0 aliphatic carbocycles. The lowest BCUT2D eigenvalue weighted by atomic mass is 10.0. The first kappa shape index (κ1) is 17.4. The Labute approximate surface area is 144 Å². The first-order chi connectivity index (χ1) is 11.2. The minimum Gasteiger partial charge on any atom is -0.158 e. The fraction of sp³-hybridized carbons (Fsp3) is 0.182. The molecule has 1 unspecified atom stereocenters. The molecule has 1 heteroatoms. The number of thioether (sulfide) groups is 1. The summed E-state index contributed by atoms with van der Waals surface area (Å²) < 4.78 is 0. The Morgan fingerprint density at radius 3 is 2.30 bits per heavy atom. The molecule has 0 radical (unpaired) electrons. The van der Waals surface area contributed by atoms with Crippen LogP contribution in [0.3, 0.4) is 0 Å². The first-order valence-electron chi connectivity index (χ1n) is 7.91. The molecule has 2 rings (SSSR count). The van der Waals surface area contributed by atoms with Crippen molar-refractivity contribution in [1.82, 2.24) is 0 Å². The van der Waals surface area contributed by atoms with E-state index in [4.69, 9.17) is 0 Å². The second-order valence-electron chi connectivity index (χ2n) is 5.45. The van der Waals surface area contributed by atoms with Crippen LogP contribution in [0, 0.1) is 0 Å². The largest absolute Gasteiger partial charge is 0.158 e. The molecule has 0 bridgehead atoms. The average molecular weight is 321 g/mol. The predicted octanol–water partition coefficient (Wildman–Crippen LogP) is 6.32. The molecule has 0 spiro atoms. The van der Waals surface area contributed by atoms with Gasteiger partial charge in [-0.1, -0.05) is 85.5 Å². The van der Waals surface area contributed by atoms with E-state index >= 15 is 0 Å². The van der Waals surface area contributed by atoms with Gasteiger partial charge in [0.2, 0.25) is 0 Å². The van der Waals surface area contributed by atoms with Gasteiger partial charge in [0.1, 0.15) is 0 Å². The van der Waals surface area contributed by atoms with Crippen LogP contribution in [0.2, 0.25) is 0 Å². The Balaban J connectivity index is 2.02. The summed E-state index contributed by atoms with van der Waals surface area (Å²) >= 11 is 1.85. The maximum Gasteiger partial charge on any atom is 0.0266 e. The van der Waals surface area contributed by atoms with Crippen molar-refractivity contribution in [3.05, 3.63) is 96.6 Å². The molecular weight excluding hydrogens is 296 g/mol. The molecule has 0 N–H and O–H groups in total. The molecule has 118 valence electrons. The van der Waals surface area contributed by atoms with Gasteiger partial charge in [-0.3, -0.25) is 0 Å². The van der Waals surface area contributed by atoms with Crippen molar-refractivity contribution in [2.75, 3.05) is 6.26 Å². The zero-order chi connectivity index (χ0) is 16.5. The van der Waals surface area contributed by atoms with Crippen molar-refractivity contribution in [3.8, 4) is 11.1 Å². The highest BCUT2D eigenvalue weighted by atomic mass is 32.2. The van der Waals surface area contributed by atoms with E-state index in [0.717, 1.165) is 6.42 Å². The third-order valence-corrected chi connectivity index (χ3v) is 4.84. The monoisotopic (exact) mass is 320 g/mol. The van der Waals surface area contributed by atoms with E-state index < -0.39 is 0 Å². The smallest absolute Gasteiger partial charge is 0.0266 e. The van der Waals surface area contributed by atoms with Crippen molar-refractivity contribution in [2.24, 2.45) is 0 Å². The van der Waals surface area contributed by atoms with Crippen LogP contribution in [0.5, 0.6) is 0 Å². The van der Waals surface area contributed by atoms with Gasteiger partial charge in [-0.05, 0) is 41.9 Å². The third-order valence-electron chi connectivity index (χ3n) is 3.86. The molecule has 23 heavy (non-hydrogen) atoms. The SMILES string of the molecule is C=C/C=C(\C=C/Cc1ccc(-c2ccccc2)cc1)C(C)SC. The predicted molar refractivity (Wildman–Crippen MR) is 106 cm³/mol. The first-order valence-corrected chi connectivity index (χ1v) is 9.19. The van der Waals surface area contributed by atoms with E-state index in [1.54, 1.807) is 0 Å². The summed E-state index contributed by atoms with van der Waals surface area (Å²) in [5.74, 6) is 0. The summed E-state index contributed by atoms with van der Waals surface area (Å²) in [5.41, 5.74) is 5.17.